The van der Waals surface area contributed by atoms with Crippen LogP contribution in [-0.2, 0) is 4.74 Å². The van der Waals surface area contributed by atoms with Crippen LogP contribution in [0.4, 0.5) is 5.69 Å². The van der Waals surface area contributed by atoms with E-state index in [0.29, 0.717) is 17.9 Å². The summed E-state index contributed by atoms with van der Waals surface area (Å²) in [7, 11) is 0. The summed E-state index contributed by atoms with van der Waals surface area (Å²) in [5.74, 6) is -0.363. The highest BCUT2D eigenvalue weighted by atomic mass is 16.5. The second kappa shape index (κ2) is 5.86. The molecule has 0 heterocycles. The number of carbonyl (C=O) groups excluding carboxylic acids is 1. The molecule has 0 saturated heterocycles. The van der Waals surface area contributed by atoms with Gasteiger partial charge in [0.2, 0.25) is 0 Å². The zero-order valence-electron chi connectivity index (χ0n) is 8.77. The number of allylic oxidation sites excluding steroid dienone is 1. The number of ether oxygens (including phenoxy) is 1. The molecule has 80 valence electrons. The third-order valence-corrected chi connectivity index (χ3v) is 1.93. The Hall–Kier alpha value is -1.77. The highest BCUT2D eigenvalue weighted by Crippen LogP contribution is 2.11. The number of esters is 1. The van der Waals surface area contributed by atoms with E-state index < -0.39 is 0 Å². The van der Waals surface area contributed by atoms with Gasteiger partial charge in [0.25, 0.3) is 0 Å². The zero-order chi connectivity index (χ0) is 11.1. The van der Waals surface area contributed by atoms with Crippen molar-refractivity contribution < 1.29 is 9.53 Å². The van der Waals surface area contributed by atoms with Gasteiger partial charge in [-0.3, -0.25) is 0 Å². The molecule has 0 radical (unpaired) electrons. The first-order valence-corrected chi connectivity index (χ1v) is 4.88. The van der Waals surface area contributed by atoms with Crippen LogP contribution in [-0.4, -0.2) is 12.6 Å². The SMILES string of the molecule is C/C=C\CCOC(=O)c1ccccc1N. The van der Waals surface area contributed by atoms with E-state index in [1.54, 1.807) is 24.3 Å². The fourth-order valence-electron chi connectivity index (χ4n) is 1.15. The maximum absolute atomic E-state index is 11.5. The average Bonchev–Trinajstić information content (AvgIpc) is 2.25. The molecule has 0 fully saturated rings. The normalized spacial score (nSPS) is 10.5. The number of benzene rings is 1. The van der Waals surface area contributed by atoms with Gasteiger partial charge in [-0.1, -0.05) is 24.3 Å². The lowest BCUT2D eigenvalue weighted by Crippen LogP contribution is -2.08. The number of hydrogen-bond donors (Lipinski definition) is 1. The van der Waals surface area contributed by atoms with Gasteiger partial charge in [0.1, 0.15) is 0 Å². The Balaban J connectivity index is 2.51. The molecule has 0 amide bonds. The van der Waals surface area contributed by atoms with Crippen LogP contribution in [0.1, 0.15) is 23.7 Å². The molecular weight excluding hydrogens is 190 g/mol. The van der Waals surface area contributed by atoms with E-state index in [4.69, 9.17) is 10.5 Å². The molecule has 0 aliphatic heterocycles. The zero-order valence-corrected chi connectivity index (χ0v) is 8.77. The van der Waals surface area contributed by atoms with Crippen LogP contribution in [0.15, 0.2) is 36.4 Å². The Labute approximate surface area is 89.5 Å². The fraction of sp³-hybridized carbons (Fsp3) is 0.250. The molecule has 3 heteroatoms. The smallest absolute Gasteiger partial charge is 0.340 e. The Bertz CT molecular complexity index is 358. The van der Waals surface area contributed by atoms with Gasteiger partial charge in [-0.05, 0) is 25.5 Å². The molecule has 0 spiro atoms. The van der Waals surface area contributed by atoms with Crippen LogP contribution in [0.5, 0.6) is 0 Å². The molecule has 15 heavy (non-hydrogen) atoms. The van der Waals surface area contributed by atoms with E-state index >= 15 is 0 Å². The highest BCUT2D eigenvalue weighted by Gasteiger charge is 2.08. The van der Waals surface area contributed by atoms with Crippen molar-refractivity contribution in [3.8, 4) is 0 Å². The van der Waals surface area contributed by atoms with Gasteiger partial charge in [-0.15, -0.1) is 0 Å². The van der Waals surface area contributed by atoms with Crippen LogP contribution < -0.4 is 5.73 Å². The topological polar surface area (TPSA) is 52.3 Å². The van der Waals surface area contributed by atoms with E-state index in [0.717, 1.165) is 6.42 Å². The lowest BCUT2D eigenvalue weighted by molar-refractivity contribution is 0.0513. The molecule has 0 unspecified atom stereocenters. The van der Waals surface area contributed by atoms with Crippen LogP contribution in [0, 0.1) is 0 Å². The van der Waals surface area contributed by atoms with Gasteiger partial charge in [-0.25, -0.2) is 4.79 Å². The molecule has 0 atom stereocenters. The Morgan fingerprint density at radius 1 is 1.47 bits per heavy atom. The van der Waals surface area contributed by atoms with Crippen molar-refractivity contribution in [3.63, 3.8) is 0 Å². The van der Waals surface area contributed by atoms with Crippen LogP contribution >= 0.6 is 0 Å². The predicted molar refractivity (Wildman–Crippen MR) is 60.6 cm³/mol. The van der Waals surface area contributed by atoms with Gasteiger partial charge in [0.05, 0.1) is 12.2 Å². The summed E-state index contributed by atoms with van der Waals surface area (Å²) in [4.78, 5) is 11.5. The molecule has 1 aromatic carbocycles. The Kier molecular flexibility index (Phi) is 4.41. The third kappa shape index (κ3) is 3.46. The Morgan fingerprint density at radius 3 is 2.87 bits per heavy atom. The van der Waals surface area contributed by atoms with Gasteiger partial charge < -0.3 is 10.5 Å². The summed E-state index contributed by atoms with van der Waals surface area (Å²) < 4.78 is 5.04. The largest absolute Gasteiger partial charge is 0.462 e. The first-order chi connectivity index (χ1) is 7.25. The van der Waals surface area contributed by atoms with Crippen molar-refractivity contribution in [2.24, 2.45) is 0 Å². The van der Waals surface area contributed by atoms with Crippen molar-refractivity contribution >= 4 is 11.7 Å². The monoisotopic (exact) mass is 205 g/mol. The predicted octanol–water partition coefficient (Wildman–Crippen LogP) is 2.39. The minimum atomic E-state index is -0.363. The summed E-state index contributed by atoms with van der Waals surface area (Å²) in [6.07, 6.45) is 4.60. The molecule has 1 rings (SSSR count). The molecular formula is C12H15NO2. The number of para-hydroxylation sites is 1. The molecule has 0 bridgehead atoms. The number of carbonyl (C=O) groups is 1. The standard InChI is InChI=1S/C12H15NO2/c1-2-3-6-9-15-12(14)10-7-4-5-8-11(10)13/h2-5,7-8H,6,9,13H2,1H3/b3-2-. The van der Waals surface area contributed by atoms with Crippen molar-refractivity contribution in [1.82, 2.24) is 0 Å². The summed E-state index contributed by atoms with van der Waals surface area (Å²) in [5.41, 5.74) is 6.52. The second-order valence-electron chi connectivity index (χ2n) is 3.08. The van der Waals surface area contributed by atoms with Crippen molar-refractivity contribution in [1.29, 1.82) is 0 Å². The molecule has 0 aliphatic rings. The van der Waals surface area contributed by atoms with E-state index in [1.165, 1.54) is 0 Å². The lowest BCUT2D eigenvalue weighted by atomic mass is 10.2. The quantitative estimate of drug-likeness (QED) is 0.355. The minimum absolute atomic E-state index is 0.363. The average molecular weight is 205 g/mol. The van der Waals surface area contributed by atoms with E-state index in [-0.39, 0.29) is 5.97 Å². The maximum Gasteiger partial charge on any atom is 0.340 e. The number of hydrogen-bond acceptors (Lipinski definition) is 3. The van der Waals surface area contributed by atoms with Crippen LogP contribution in [0.2, 0.25) is 0 Å². The van der Waals surface area contributed by atoms with E-state index in [2.05, 4.69) is 0 Å². The molecule has 0 saturated carbocycles. The minimum Gasteiger partial charge on any atom is -0.462 e. The number of nitrogens with two attached hydrogens (primary N) is 1. The molecule has 1 aromatic rings. The molecule has 0 aliphatic carbocycles. The number of rotatable bonds is 4. The molecule has 3 nitrogen and oxygen atoms in total. The van der Waals surface area contributed by atoms with E-state index in [9.17, 15) is 4.79 Å². The Morgan fingerprint density at radius 2 is 2.20 bits per heavy atom. The first kappa shape index (κ1) is 11.3. The van der Waals surface area contributed by atoms with Crippen LogP contribution in [0.3, 0.4) is 0 Å². The maximum atomic E-state index is 11.5. The summed E-state index contributed by atoms with van der Waals surface area (Å²) in [5, 5.41) is 0. The number of nitrogen functional groups attached to an aromatic ring is 1. The summed E-state index contributed by atoms with van der Waals surface area (Å²) in [6, 6.07) is 6.89. The van der Waals surface area contributed by atoms with Gasteiger partial charge in [0, 0.05) is 5.69 Å². The number of anilines is 1. The van der Waals surface area contributed by atoms with Gasteiger partial charge in [0.15, 0.2) is 0 Å². The summed E-state index contributed by atoms with van der Waals surface area (Å²) in [6.45, 7) is 2.31. The van der Waals surface area contributed by atoms with Crippen LogP contribution in [0.25, 0.3) is 0 Å². The van der Waals surface area contributed by atoms with Crippen molar-refractivity contribution in [2.45, 2.75) is 13.3 Å². The first-order valence-electron chi connectivity index (χ1n) is 4.88. The van der Waals surface area contributed by atoms with Crippen molar-refractivity contribution in [2.75, 3.05) is 12.3 Å². The molecule has 2 N–H and O–H groups in total. The lowest BCUT2D eigenvalue weighted by Gasteiger charge is -2.05. The van der Waals surface area contributed by atoms with Gasteiger partial charge >= 0.3 is 5.97 Å². The second-order valence-corrected chi connectivity index (χ2v) is 3.08. The highest BCUT2D eigenvalue weighted by molar-refractivity contribution is 5.94. The van der Waals surface area contributed by atoms with E-state index in [1.807, 2.05) is 19.1 Å². The fourth-order valence-corrected chi connectivity index (χ4v) is 1.15. The third-order valence-electron chi connectivity index (χ3n) is 1.93. The van der Waals surface area contributed by atoms with Crippen molar-refractivity contribution in [3.05, 3.63) is 42.0 Å². The van der Waals surface area contributed by atoms with Gasteiger partial charge in [-0.2, -0.15) is 0 Å². The molecule has 0 aromatic heterocycles. The summed E-state index contributed by atoms with van der Waals surface area (Å²) >= 11 is 0.